The zero-order valence-electron chi connectivity index (χ0n) is 21.5. The van der Waals surface area contributed by atoms with Gasteiger partial charge in [-0.25, -0.2) is 27.2 Å². The maximum Gasteiger partial charge on any atom is 0.251 e. The molecule has 0 aromatic carbocycles. The second kappa shape index (κ2) is 11.5. The summed E-state index contributed by atoms with van der Waals surface area (Å²) in [6.45, 7) is 1.38. The molecule has 3 heterocycles. The molecule has 1 saturated carbocycles. The van der Waals surface area contributed by atoms with Gasteiger partial charge >= 0.3 is 0 Å². The molecule has 0 radical (unpaired) electrons. The van der Waals surface area contributed by atoms with Crippen molar-refractivity contribution in [3.05, 3.63) is 35.4 Å². The number of ether oxygens (including phenoxy) is 3. The van der Waals surface area contributed by atoms with Gasteiger partial charge in [0.15, 0.2) is 17.3 Å². The van der Waals surface area contributed by atoms with Crippen LogP contribution in [0.4, 0.5) is 14.7 Å². The molecule has 1 aliphatic rings. The number of sulfonamides is 1. The highest BCUT2D eigenvalue weighted by Crippen LogP contribution is 2.47. The molecule has 0 spiro atoms. The molecule has 1 N–H and O–H groups in total. The average Bonchev–Trinajstić information content (AvgIpc) is 3.57. The number of halogens is 3. The van der Waals surface area contributed by atoms with Crippen molar-refractivity contribution in [1.82, 2.24) is 34.7 Å². The van der Waals surface area contributed by atoms with Crippen molar-refractivity contribution in [2.75, 3.05) is 26.1 Å². The van der Waals surface area contributed by atoms with Gasteiger partial charge in [-0.3, -0.25) is 9.29 Å². The molecule has 0 bridgehead atoms. The highest BCUT2D eigenvalue weighted by Gasteiger charge is 2.49. The first-order valence-corrected chi connectivity index (χ1v) is 13.7. The lowest BCUT2D eigenvalue weighted by Crippen LogP contribution is -2.36. The van der Waals surface area contributed by atoms with Crippen molar-refractivity contribution in [3.8, 4) is 17.4 Å². The monoisotopic (exact) mass is 588 g/mol. The standard InChI is InChI=1S/C22H27ClF2N8O5S/c1-12(15(36-2)16-26-9-13(23)10-27-16)39(34,35)32-21-31-30-20(22(19(24)25)7-5-6-8-22)33(21)14-17(37-3)28-11-29-18(14)38-4/h9-12,15,19H,5-8H2,1-4H3,(H,31,32)/t12-,15?/m0/s1. The van der Waals surface area contributed by atoms with E-state index in [-0.39, 0.29) is 52.9 Å². The summed E-state index contributed by atoms with van der Waals surface area (Å²) >= 11 is 5.85. The smallest absolute Gasteiger partial charge is 0.251 e. The summed E-state index contributed by atoms with van der Waals surface area (Å²) in [6, 6.07) is 0. The maximum atomic E-state index is 14.6. The fraction of sp³-hybridized carbons (Fsp3) is 0.545. The Morgan fingerprint density at radius 3 is 2.13 bits per heavy atom. The summed E-state index contributed by atoms with van der Waals surface area (Å²) in [5, 5.41) is 7.04. The van der Waals surface area contributed by atoms with Gasteiger partial charge < -0.3 is 14.2 Å². The first kappa shape index (κ1) is 28.8. The van der Waals surface area contributed by atoms with Gasteiger partial charge in [-0.1, -0.05) is 24.4 Å². The Morgan fingerprint density at radius 1 is 1.03 bits per heavy atom. The molecule has 2 atom stereocenters. The van der Waals surface area contributed by atoms with Crippen molar-refractivity contribution in [2.45, 2.75) is 55.8 Å². The number of nitrogens with one attached hydrogen (secondary N) is 1. The third-order valence-corrected chi connectivity index (χ3v) is 8.57. The van der Waals surface area contributed by atoms with Gasteiger partial charge in [-0.05, 0) is 19.8 Å². The Balaban J connectivity index is 1.86. The van der Waals surface area contributed by atoms with E-state index < -0.39 is 33.2 Å². The van der Waals surface area contributed by atoms with Gasteiger partial charge in [0.05, 0.1) is 24.7 Å². The van der Waals surface area contributed by atoms with Gasteiger partial charge in [0.1, 0.15) is 17.7 Å². The van der Waals surface area contributed by atoms with Crippen LogP contribution in [0.2, 0.25) is 5.02 Å². The number of methoxy groups -OCH3 is 3. The molecule has 1 unspecified atom stereocenters. The second-order valence-electron chi connectivity index (χ2n) is 8.86. The van der Waals surface area contributed by atoms with Crippen LogP contribution in [0.5, 0.6) is 11.8 Å². The van der Waals surface area contributed by atoms with E-state index in [9.17, 15) is 17.2 Å². The van der Waals surface area contributed by atoms with Crippen molar-refractivity contribution >= 4 is 27.6 Å². The Bertz CT molecular complexity index is 1380. The Morgan fingerprint density at radius 2 is 1.62 bits per heavy atom. The normalized spacial score (nSPS) is 16.7. The lowest BCUT2D eigenvalue weighted by Gasteiger charge is -2.28. The van der Waals surface area contributed by atoms with Gasteiger partial charge in [0, 0.05) is 19.5 Å². The molecule has 39 heavy (non-hydrogen) atoms. The maximum absolute atomic E-state index is 14.6. The quantitative estimate of drug-likeness (QED) is 0.351. The zero-order valence-corrected chi connectivity index (χ0v) is 23.1. The Labute approximate surface area is 228 Å². The van der Waals surface area contributed by atoms with Gasteiger partial charge in [-0.2, -0.15) is 9.97 Å². The van der Waals surface area contributed by atoms with E-state index in [1.807, 2.05) is 0 Å². The van der Waals surface area contributed by atoms with Crippen LogP contribution in [0.3, 0.4) is 0 Å². The molecule has 0 amide bonds. The Hall–Kier alpha value is -3.24. The highest BCUT2D eigenvalue weighted by molar-refractivity contribution is 7.93. The fourth-order valence-corrected chi connectivity index (χ4v) is 5.85. The van der Waals surface area contributed by atoms with Crippen LogP contribution in [-0.4, -0.2) is 76.1 Å². The second-order valence-corrected chi connectivity index (χ2v) is 11.3. The highest BCUT2D eigenvalue weighted by atomic mass is 35.5. The van der Waals surface area contributed by atoms with E-state index in [1.54, 1.807) is 0 Å². The Kier molecular flexibility index (Phi) is 8.46. The SMILES string of the molecule is COc1ncnc(OC)c1-n1c(NS(=O)(=O)[C@@H](C)C(OC)c2ncc(Cl)cn2)nnc1C1(C(F)F)CCCC1. The number of aromatic nitrogens is 7. The number of anilines is 1. The minimum atomic E-state index is -4.32. The molecule has 3 aromatic rings. The van der Waals surface area contributed by atoms with E-state index in [1.165, 1.54) is 40.6 Å². The summed E-state index contributed by atoms with van der Waals surface area (Å²) in [6.07, 6.45) is 1.15. The van der Waals surface area contributed by atoms with Gasteiger partial charge in [0.2, 0.25) is 27.7 Å². The van der Waals surface area contributed by atoms with E-state index >= 15 is 0 Å². The number of nitrogens with zero attached hydrogens (tertiary/aromatic N) is 7. The van der Waals surface area contributed by atoms with Crippen molar-refractivity contribution < 1.29 is 31.4 Å². The fourth-order valence-electron chi connectivity index (χ4n) is 4.63. The van der Waals surface area contributed by atoms with Crippen LogP contribution in [0, 0.1) is 0 Å². The van der Waals surface area contributed by atoms with Crippen LogP contribution in [-0.2, 0) is 20.2 Å². The summed E-state index contributed by atoms with van der Waals surface area (Å²) in [4.78, 5) is 16.2. The molecule has 212 valence electrons. The predicted octanol–water partition coefficient (Wildman–Crippen LogP) is 3.11. The molecule has 3 aromatic heterocycles. The summed E-state index contributed by atoms with van der Waals surface area (Å²) in [7, 11) is -0.391. The number of rotatable bonds is 11. The van der Waals surface area contributed by atoms with Gasteiger partial charge in [-0.15, -0.1) is 10.2 Å². The third kappa shape index (κ3) is 5.32. The van der Waals surface area contributed by atoms with Crippen LogP contribution in [0.25, 0.3) is 5.69 Å². The lowest BCUT2D eigenvalue weighted by molar-refractivity contribution is 0.0460. The lowest BCUT2D eigenvalue weighted by atomic mass is 9.85. The van der Waals surface area contributed by atoms with E-state index in [0.29, 0.717) is 12.8 Å². The summed E-state index contributed by atoms with van der Waals surface area (Å²) < 4.78 is 76.0. The molecule has 0 saturated heterocycles. The summed E-state index contributed by atoms with van der Waals surface area (Å²) in [5.41, 5.74) is -1.73. The van der Waals surface area contributed by atoms with Crippen molar-refractivity contribution in [1.29, 1.82) is 0 Å². The number of alkyl halides is 2. The van der Waals surface area contributed by atoms with E-state index in [0.717, 1.165) is 10.9 Å². The molecule has 1 aliphatic carbocycles. The van der Waals surface area contributed by atoms with Crippen molar-refractivity contribution in [3.63, 3.8) is 0 Å². The topological polar surface area (TPSA) is 156 Å². The molecule has 17 heteroatoms. The first-order valence-electron chi connectivity index (χ1n) is 11.8. The number of hydrogen-bond donors (Lipinski definition) is 1. The zero-order chi connectivity index (χ0) is 28.4. The molecule has 13 nitrogen and oxygen atoms in total. The molecule has 0 aliphatic heterocycles. The summed E-state index contributed by atoms with van der Waals surface area (Å²) in [5.74, 6) is -0.617. The first-order chi connectivity index (χ1) is 18.6. The predicted molar refractivity (Wildman–Crippen MR) is 135 cm³/mol. The van der Waals surface area contributed by atoms with Crippen LogP contribution in [0.15, 0.2) is 18.7 Å². The third-order valence-electron chi connectivity index (χ3n) is 6.69. The van der Waals surface area contributed by atoms with Crippen molar-refractivity contribution in [2.24, 2.45) is 0 Å². The van der Waals surface area contributed by atoms with Crippen LogP contribution < -0.4 is 14.2 Å². The molecule has 4 rings (SSSR count). The van der Waals surface area contributed by atoms with E-state index in [2.05, 4.69) is 34.9 Å². The molecule has 1 fully saturated rings. The van der Waals surface area contributed by atoms with Crippen LogP contribution >= 0.6 is 11.6 Å². The van der Waals surface area contributed by atoms with E-state index in [4.69, 9.17) is 25.8 Å². The largest absolute Gasteiger partial charge is 0.479 e. The average molecular weight is 589 g/mol. The number of hydrogen-bond acceptors (Lipinski definition) is 11. The minimum absolute atomic E-state index is 0.0379. The molecular formula is C22H27ClF2N8O5S. The minimum Gasteiger partial charge on any atom is -0.479 e. The molecular weight excluding hydrogens is 562 g/mol. The van der Waals surface area contributed by atoms with Crippen LogP contribution in [0.1, 0.15) is 50.4 Å². The van der Waals surface area contributed by atoms with Gasteiger partial charge in [0.25, 0.3) is 6.43 Å².